The van der Waals surface area contributed by atoms with Crippen LogP contribution in [0.25, 0.3) is 0 Å². The molecule has 23 heavy (non-hydrogen) atoms. The number of benzene rings is 1. The zero-order valence-corrected chi connectivity index (χ0v) is 14.8. The third kappa shape index (κ3) is 3.69. The minimum Gasteiger partial charge on any atom is -0.364 e. The lowest BCUT2D eigenvalue weighted by Crippen LogP contribution is -2.41. The Morgan fingerprint density at radius 3 is 2.78 bits per heavy atom. The van der Waals surface area contributed by atoms with E-state index in [1.54, 1.807) is 0 Å². The lowest BCUT2D eigenvalue weighted by atomic mass is 9.90. The maximum Gasteiger partial charge on any atom is 0.0539 e. The molecule has 2 atom stereocenters. The third-order valence-electron chi connectivity index (χ3n) is 5.42. The van der Waals surface area contributed by atoms with Crippen molar-refractivity contribution in [2.45, 2.75) is 45.2 Å². The molecular formula is C21H30N2. The van der Waals surface area contributed by atoms with Gasteiger partial charge in [-0.2, -0.15) is 0 Å². The van der Waals surface area contributed by atoms with Crippen LogP contribution < -0.4 is 4.90 Å². The number of allylic oxidation sites excluding steroid dienone is 2. The number of hydrogen-bond donors (Lipinski definition) is 0. The van der Waals surface area contributed by atoms with Crippen LogP contribution in [0.15, 0.2) is 48.6 Å². The molecule has 2 nitrogen and oxygen atoms in total. The monoisotopic (exact) mass is 310 g/mol. The van der Waals surface area contributed by atoms with E-state index in [2.05, 4.69) is 79.3 Å². The summed E-state index contributed by atoms with van der Waals surface area (Å²) in [4.78, 5) is 5.10. The van der Waals surface area contributed by atoms with Crippen LogP contribution in [0.4, 0.5) is 5.69 Å². The van der Waals surface area contributed by atoms with E-state index in [-0.39, 0.29) is 0 Å². The van der Waals surface area contributed by atoms with Crippen LogP contribution in [0.3, 0.4) is 0 Å². The summed E-state index contributed by atoms with van der Waals surface area (Å²) in [6, 6.07) is 10.1. The fourth-order valence-corrected chi connectivity index (χ4v) is 3.75. The highest BCUT2D eigenvalue weighted by Crippen LogP contribution is 2.35. The average Bonchev–Trinajstić information content (AvgIpc) is 2.72. The number of hydrogen-bond acceptors (Lipinski definition) is 2. The summed E-state index contributed by atoms with van der Waals surface area (Å²) in [6.45, 7) is 6.83. The molecule has 0 saturated heterocycles. The third-order valence-corrected chi connectivity index (χ3v) is 5.42. The Hall–Kier alpha value is -1.54. The van der Waals surface area contributed by atoms with Crippen molar-refractivity contribution in [1.29, 1.82) is 0 Å². The molecule has 1 heterocycles. The lowest BCUT2D eigenvalue weighted by Gasteiger charge is -2.36. The van der Waals surface area contributed by atoms with E-state index in [0.717, 1.165) is 13.1 Å². The second-order valence-corrected chi connectivity index (χ2v) is 7.21. The van der Waals surface area contributed by atoms with Crippen LogP contribution >= 0.6 is 0 Å². The predicted octanol–water partition coefficient (Wildman–Crippen LogP) is 4.28. The molecule has 0 aromatic heterocycles. The van der Waals surface area contributed by atoms with Crippen LogP contribution in [0.2, 0.25) is 0 Å². The molecule has 0 fully saturated rings. The van der Waals surface area contributed by atoms with Gasteiger partial charge in [0.15, 0.2) is 0 Å². The molecule has 0 amide bonds. The number of para-hydroxylation sites is 1. The van der Waals surface area contributed by atoms with Gasteiger partial charge in [0.25, 0.3) is 0 Å². The Kier molecular flexibility index (Phi) is 5.22. The Labute approximate surface area is 141 Å². The number of nitrogens with zero attached hydrogens (tertiary/aromatic N) is 2. The fourth-order valence-electron chi connectivity index (χ4n) is 3.75. The smallest absolute Gasteiger partial charge is 0.0539 e. The highest BCUT2D eigenvalue weighted by molar-refractivity contribution is 5.57. The normalized spacial score (nSPS) is 23.1. The van der Waals surface area contributed by atoms with Crippen LogP contribution in [0.1, 0.15) is 32.3 Å². The molecule has 1 aliphatic heterocycles. The van der Waals surface area contributed by atoms with Gasteiger partial charge in [0.1, 0.15) is 0 Å². The van der Waals surface area contributed by atoms with Crippen LogP contribution in [0.5, 0.6) is 0 Å². The van der Waals surface area contributed by atoms with E-state index in [9.17, 15) is 0 Å². The van der Waals surface area contributed by atoms with E-state index >= 15 is 0 Å². The summed E-state index contributed by atoms with van der Waals surface area (Å²) in [5.41, 5.74) is 2.97. The lowest BCUT2D eigenvalue weighted by molar-refractivity contribution is 0.270. The van der Waals surface area contributed by atoms with Crippen LogP contribution in [0, 0.1) is 5.92 Å². The zero-order chi connectivity index (χ0) is 16.2. The number of fused-ring (bicyclic) bond motifs is 2. The Morgan fingerprint density at radius 1 is 1.17 bits per heavy atom. The van der Waals surface area contributed by atoms with E-state index in [0.29, 0.717) is 18.0 Å². The topological polar surface area (TPSA) is 6.48 Å². The molecule has 2 heteroatoms. The van der Waals surface area contributed by atoms with E-state index in [1.165, 1.54) is 30.5 Å². The minimum atomic E-state index is 0.521. The van der Waals surface area contributed by atoms with Crippen molar-refractivity contribution < 1.29 is 0 Å². The van der Waals surface area contributed by atoms with Crippen molar-refractivity contribution in [3.63, 3.8) is 0 Å². The van der Waals surface area contributed by atoms with Gasteiger partial charge in [-0.15, -0.1) is 0 Å². The van der Waals surface area contributed by atoms with Crippen LogP contribution in [-0.2, 0) is 6.42 Å². The molecule has 0 N–H and O–H groups in total. The molecule has 124 valence electrons. The molecule has 0 bridgehead atoms. The van der Waals surface area contributed by atoms with Gasteiger partial charge < -0.3 is 9.80 Å². The van der Waals surface area contributed by atoms with Gasteiger partial charge in [0.05, 0.1) is 6.04 Å². The average molecular weight is 310 g/mol. The summed E-state index contributed by atoms with van der Waals surface area (Å²) < 4.78 is 0. The molecule has 3 rings (SSSR count). The molecule has 0 spiro atoms. The maximum absolute atomic E-state index is 2.65. The highest BCUT2D eigenvalue weighted by Gasteiger charge is 2.29. The van der Waals surface area contributed by atoms with Crippen molar-refractivity contribution in [3.8, 4) is 0 Å². The Balaban J connectivity index is 1.78. The quantitative estimate of drug-likeness (QED) is 0.801. The second-order valence-electron chi connectivity index (χ2n) is 7.21. The van der Waals surface area contributed by atoms with Gasteiger partial charge in [-0.3, -0.25) is 0 Å². The van der Waals surface area contributed by atoms with Crippen molar-refractivity contribution in [2.75, 3.05) is 25.0 Å². The first-order valence-electron chi connectivity index (χ1n) is 9.06. The molecule has 1 aromatic rings. The summed E-state index contributed by atoms with van der Waals surface area (Å²) in [5, 5.41) is 0. The maximum atomic E-state index is 2.65. The van der Waals surface area contributed by atoms with Crippen molar-refractivity contribution in [2.24, 2.45) is 5.92 Å². The van der Waals surface area contributed by atoms with Crippen molar-refractivity contribution >= 4 is 5.69 Å². The van der Waals surface area contributed by atoms with Crippen molar-refractivity contribution in [3.05, 3.63) is 54.1 Å². The number of aryl methyl sites for hydroxylation is 1. The van der Waals surface area contributed by atoms with Crippen LogP contribution in [-0.4, -0.2) is 37.1 Å². The van der Waals surface area contributed by atoms with Gasteiger partial charge in [-0.25, -0.2) is 0 Å². The van der Waals surface area contributed by atoms with Gasteiger partial charge in [0, 0.05) is 24.2 Å². The molecule has 2 unspecified atom stereocenters. The number of rotatable bonds is 5. The van der Waals surface area contributed by atoms with Gasteiger partial charge in [0.2, 0.25) is 0 Å². The molecular weight excluding hydrogens is 280 g/mol. The van der Waals surface area contributed by atoms with Gasteiger partial charge in [-0.05, 0) is 58.3 Å². The Morgan fingerprint density at radius 2 is 1.96 bits per heavy atom. The minimum absolute atomic E-state index is 0.521. The van der Waals surface area contributed by atoms with E-state index in [4.69, 9.17) is 0 Å². The second kappa shape index (κ2) is 7.35. The molecule has 0 saturated carbocycles. The molecule has 1 aromatic carbocycles. The number of anilines is 1. The first-order valence-corrected chi connectivity index (χ1v) is 9.06. The SMILES string of the molecule is CC(C)N(C)CCCN1c2ccccc2CCC2C=CC=CC21. The first-order chi connectivity index (χ1) is 11.2. The molecule has 1 aliphatic carbocycles. The van der Waals surface area contributed by atoms with Crippen molar-refractivity contribution in [1.82, 2.24) is 4.90 Å². The predicted molar refractivity (Wildman–Crippen MR) is 100 cm³/mol. The molecule has 0 radical (unpaired) electrons. The fraction of sp³-hybridized carbons (Fsp3) is 0.524. The van der Waals surface area contributed by atoms with Gasteiger partial charge >= 0.3 is 0 Å². The zero-order valence-electron chi connectivity index (χ0n) is 14.8. The van der Waals surface area contributed by atoms with Gasteiger partial charge in [-0.1, -0.05) is 42.5 Å². The summed E-state index contributed by atoms with van der Waals surface area (Å²) in [5.74, 6) is 0.648. The highest BCUT2D eigenvalue weighted by atomic mass is 15.2. The standard InChI is InChI=1S/C21H30N2/c1-17(2)22(3)15-8-16-23-20-11-6-4-9-18(20)13-14-19-10-5-7-12-21(19)23/h4-7,9-12,17-18,20H,8,13-16H2,1-3H3. The van der Waals surface area contributed by atoms with E-state index in [1.807, 2.05) is 0 Å². The molecule has 2 aliphatic rings. The summed E-state index contributed by atoms with van der Waals surface area (Å²) >= 11 is 0. The summed E-state index contributed by atoms with van der Waals surface area (Å²) in [7, 11) is 2.23. The largest absolute Gasteiger partial charge is 0.364 e. The first kappa shape index (κ1) is 16.3. The Bertz CT molecular complexity index is 573. The van der Waals surface area contributed by atoms with E-state index < -0.39 is 0 Å². The summed E-state index contributed by atoms with van der Waals surface area (Å²) in [6.07, 6.45) is 12.9.